The van der Waals surface area contributed by atoms with E-state index in [4.69, 9.17) is 5.73 Å². The first-order chi connectivity index (χ1) is 9.13. The van der Waals surface area contributed by atoms with Crippen molar-refractivity contribution in [3.05, 3.63) is 40.4 Å². The molecule has 1 heterocycles. The minimum absolute atomic E-state index is 0.345. The van der Waals surface area contributed by atoms with Gasteiger partial charge in [-0.05, 0) is 34.5 Å². The van der Waals surface area contributed by atoms with Crippen molar-refractivity contribution < 1.29 is 4.39 Å². The van der Waals surface area contributed by atoms with Gasteiger partial charge in [0.1, 0.15) is 23.8 Å². The molecule has 0 unspecified atom stereocenters. The summed E-state index contributed by atoms with van der Waals surface area (Å²) in [6.45, 7) is 2.04. The molecular formula is C13H14BrFN4. The molecule has 0 bridgehead atoms. The molecule has 0 aliphatic rings. The van der Waals surface area contributed by atoms with Crippen LogP contribution in [0.3, 0.4) is 0 Å². The van der Waals surface area contributed by atoms with E-state index in [9.17, 15) is 4.39 Å². The minimum Gasteiger partial charge on any atom is -0.383 e. The quantitative estimate of drug-likeness (QED) is 0.900. The second-order valence-corrected chi connectivity index (χ2v) is 4.91. The van der Waals surface area contributed by atoms with E-state index in [0.717, 1.165) is 18.4 Å². The Morgan fingerprint density at radius 3 is 2.84 bits per heavy atom. The number of nitrogens with two attached hydrogens (primary N) is 1. The normalized spacial score (nSPS) is 10.5. The van der Waals surface area contributed by atoms with Crippen LogP contribution < -0.4 is 11.1 Å². The third-order valence-electron chi connectivity index (χ3n) is 2.68. The Bertz CT molecular complexity index is 569. The van der Waals surface area contributed by atoms with Crippen LogP contribution in [0, 0.1) is 5.82 Å². The molecule has 0 saturated carbocycles. The SMILES string of the molecule is CCCc1c(N)ncnc1Nc1c(F)cccc1Br. The lowest BCUT2D eigenvalue weighted by molar-refractivity contribution is 0.631. The zero-order valence-corrected chi connectivity index (χ0v) is 12.0. The van der Waals surface area contributed by atoms with Crippen molar-refractivity contribution in [2.75, 3.05) is 11.1 Å². The van der Waals surface area contributed by atoms with Crippen molar-refractivity contribution in [3.8, 4) is 0 Å². The summed E-state index contributed by atoms with van der Waals surface area (Å²) >= 11 is 3.31. The van der Waals surface area contributed by atoms with Crippen molar-refractivity contribution in [3.63, 3.8) is 0 Å². The number of anilines is 3. The predicted molar refractivity (Wildman–Crippen MR) is 77.8 cm³/mol. The maximum atomic E-state index is 13.8. The second kappa shape index (κ2) is 5.97. The number of nitrogens with one attached hydrogen (secondary N) is 1. The summed E-state index contributed by atoms with van der Waals surface area (Å²) < 4.78 is 14.4. The van der Waals surface area contributed by atoms with Crippen LogP contribution in [0.1, 0.15) is 18.9 Å². The highest BCUT2D eigenvalue weighted by Gasteiger charge is 2.12. The van der Waals surface area contributed by atoms with Gasteiger partial charge in [-0.2, -0.15) is 0 Å². The van der Waals surface area contributed by atoms with Gasteiger partial charge >= 0.3 is 0 Å². The summed E-state index contributed by atoms with van der Waals surface area (Å²) in [4.78, 5) is 8.11. The van der Waals surface area contributed by atoms with Crippen LogP contribution in [0.25, 0.3) is 0 Å². The van der Waals surface area contributed by atoms with Crippen molar-refractivity contribution in [1.29, 1.82) is 0 Å². The number of para-hydroxylation sites is 1. The molecule has 0 aliphatic heterocycles. The van der Waals surface area contributed by atoms with Gasteiger partial charge in [0.05, 0.1) is 5.69 Å². The van der Waals surface area contributed by atoms with Gasteiger partial charge in [-0.25, -0.2) is 14.4 Å². The molecule has 100 valence electrons. The van der Waals surface area contributed by atoms with Crippen molar-refractivity contribution in [1.82, 2.24) is 9.97 Å². The lowest BCUT2D eigenvalue weighted by Gasteiger charge is -2.13. The molecule has 0 aliphatic carbocycles. The molecule has 1 aromatic heterocycles. The van der Waals surface area contributed by atoms with Gasteiger partial charge in [0.15, 0.2) is 0 Å². The Kier molecular flexibility index (Phi) is 4.31. The van der Waals surface area contributed by atoms with Crippen LogP contribution in [-0.2, 0) is 6.42 Å². The second-order valence-electron chi connectivity index (χ2n) is 4.06. The van der Waals surface area contributed by atoms with Gasteiger partial charge in [-0.1, -0.05) is 19.4 Å². The molecule has 2 rings (SSSR count). The van der Waals surface area contributed by atoms with Gasteiger partial charge in [-0.3, -0.25) is 0 Å². The number of nitrogens with zero attached hydrogens (tertiary/aromatic N) is 2. The summed E-state index contributed by atoms with van der Waals surface area (Å²) in [6.07, 6.45) is 3.01. The molecule has 0 atom stereocenters. The molecule has 0 radical (unpaired) electrons. The zero-order valence-electron chi connectivity index (χ0n) is 10.5. The molecular weight excluding hydrogens is 311 g/mol. The highest BCUT2D eigenvalue weighted by molar-refractivity contribution is 9.10. The lowest BCUT2D eigenvalue weighted by Crippen LogP contribution is -2.06. The van der Waals surface area contributed by atoms with Crippen LogP contribution in [-0.4, -0.2) is 9.97 Å². The number of aromatic nitrogens is 2. The van der Waals surface area contributed by atoms with Gasteiger partial charge in [0, 0.05) is 10.0 Å². The molecule has 3 N–H and O–H groups in total. The molecule has 6 heteroatoms. The van der Waals surface area contributed by atoms with Crippen molar-refractivity contribution in [2.24, 2.45) is 0 Å². The van der Waals surface area contributed by atoms with E-state index >= 15 is 0 Å². The Morgan fingerprint density at radius 2 is 2.16 bits per heavy atom. The first kappa shape index (κ1) is 13.7. The highest BCUT2D eigenvalue weighted by atomic mass is 79.9. The zero-order chi connectivity index (χ0) is 13.8. The van der Waals surface area contributed by atoms with Gasteiger partial charge in [0.25, 0.3) is 0 Å². The fourth-order valence-electron chi connectivity index (χ4n) is 1.77. The summed E-state index contributed by atoms with van der Waals surface area (Å²) in [5, 5.41) is 2.98. The topological polar surface area (TPSA) is 63.8 Å². The Morgan fingerprint density at radius 1 is 1.37 bits per heavy atom. The monoisotopic (exact) mass is 324 g/mol. The van der Waals surface area contributed by atoms with Crippen LogP contribution >= 0.6 is 15.9 Å². The smallest absolute Gasteiger partial charge is 0.147 e. The summed E-state index contributed by atoms with van der Waals surface area (Å²) in [7, 11) is 0. The van der Waals surface area contributed by atoms with E-state index in [0.29, 0.717) is 21.8 Å². The molecule has 0 fully saturated rings. The average molecular weight is 325 g/mol. The molecule has 4 nitrogen and oxygen atoms in total. The Labute approximate surface area is 119 Å². The van der Waals surface area contributed by atoms with E-state index in [1.165, 1.54) is 12.4 Å². The molecule has 2 aromatic rings. The standard InChI is InChI=1S/C13H14BrFN4/c1-2-4-8-12(16)17-7-18-13(8)19-11-9(14)5-3-6-10(11)15/h3,5-7H,2,4H2,1H3,(H3,16,17,18,19). The summed E-state index contributed by atoms with van der Waals surface area (Å²) in [6, 6.07) is 4.78. The molecule has 0 saturated heterocycles. The molecule has 19 heavy (non-hydrogen) atoms. The maximum absolute atomic E-state index is 13.8. The third-order valence-corrected chi connectivity index (χ3v) is 3.35. The Balaban J connectivity index is 2.41. The summed E-state index contributed by atoms with van der Waals surface area (Å²) in [5.41, 5.74) is 6.99. The maximum Gasteiger partial charge on any atom is 0.147 e. The minimum atomic E-state index is -0.353. The van der Waals surface area contributed by atoms with Gasteiger partial charge < -0.3 is 11.1 Å². The van der Waals surface area contributed by atoms with Gasteiger partial charge in [0.2, 0.25) is 0 Å². The van der Waals surface area contributed by atoms with E-state index in [1.807, 2.05) is 6.92 Å². The molecule has 0 spiro atoms. The Hall–Kier alpha value is -1.69. The lowest BCUT2D eigenvalue weighted by atomic mass is 10.1. The van der Waals surface area contributed by atoms with Crippen LogP contribution in [0.5, 0.6) is 0 Å². The fourth-order valence-corrected chi connectivity index (χ4v) is 2.21. The number of hydrogen-bond donors (Lipinski definition) is 2. The van der Waals surface area contributed by atoms with Crippen molar-refractivity contribution >= 4 is 33.3 Å². The molecule has 0 amide bonds. The number of nitrogen functional groups attached to an aromatic ring is 1. The van der Waals surface area contributed by atoms with Gasteiger partial charge in [-0.15, -0.1) is 0 Å². The largest absolute Gasteiger partial charge is 0.383 e. The number of hydrogen-bond acceptors (Lipinski definition) is 4. The summed E-state index contributed by atoms with van der Waals surface area (Å²) in [5.74, 6) is 0.612. The van der Waals surface area contributed by atoms with E-state index in [1.54, 1.807) is 12.1 Å². The van der Waals surface area contributed by atoms with Crippen LogP contribution in [0.2, 0.25) is 0 Å². The fraction of sp³-hybridized carbons (Fsp3) is 0.231. The number of benzene rings is 1. The van der Waals surface area contributed by atoms with E-state index in [2.05, 4.69) is 31.2 Å². The van der Waals surface area contributed by atoms with Crippen LogP contribution in [0.4, 0.5) is 21.7 Å². The highest BCUT2D eigenvalue weighted by Crippen LogP contribution is 2.30. The average Bonchev–Trinajstić information content (AvgIpc) is 2.38. The number of rotatable bonds is 4. The predicted octanol–water partition coefficient (Wildman–Crippen LogP) is 3.66. The third kappa shape index (κ3) is 3.01. The first-order valence-electron chi connectivity index (χ1n) is 5.93. The number of halogens is 2. The van der Waals surface area contributed by atoms with E-state index in [-0.39, 0.29) is 5.82 Å². The van der Waals surface area contributed by atoms with Crippen LogP contribution in [0.15, 0.2) is 29.0 Å². The van der Waals surface area contributed by atoms with Crippen molar-refractivity contribution in [2.45, 2.75) is 19.8 Å². The molecule has 1 aromatic carbocycles. The van der Waals surface area contributed by atoms with E-state index < -0.39 is 0 Å². The first-order valence-corrected chi connectivity index (χ1v) is 6.73.